The lowest BCUT2D eigenvalue weighted by Crippen LogP contribution is -2.40. The number of aliphatic imine (C=N–C) groups is 1. The monoisotopic (exact) mass is 372 g/mol. The molecule has 0 amide bonds. The smallest absolute Gasteiger partial charge is 0.191 e. The van der Waals surface area contributed by atoms with Crippen LogP contribution in [0.3, 0.4) is 0 Å². The van der Waals surface area contributed by atoms with Gasteiger partial charge in [-0.3, -0.25) is 4.99 Å². The van der Waals surface area contributed by atoms with E-state index in [1.165, 1.54) is 24.2 Å². The zero-order valence-electron chi connectivity index (χ0n) is 15.6. The zero-order chi connectivity index (χ0) is 18.2. The minimum atomic E-state index is 0.445. The van der Waals surface area contributed by atoms with Crippen molar-refractivity contribution in [3.8, 4) is 0 Å². The van der Waals surface area contributed by atoms with Gasteiger partial charge in [0.1, 0.15) is 5.82 Å². The third-order valence-corrected chi connectivity index (χ3v) is 5.57. The summed E-state index contributed by atoms with van der Waals surface area (Å²) in [6.45, 7) is 4.73. The summed E-state index contributed by atoms with van der Waals surface area (Å²) < 4.78 is 2.27. The molecular weight excluding hydrogens is 344 g/mol. The molecule has 0 fully saturated rings. The molecule has 6 nitrogen and oxygen atoms in total. The molecule has 0 bridgehead atoms. The quantitative estimate of drug-likeness (QED) is 0.464. The number of nitrogens with zero attached hydrogens (tertiary/aromatic N) is 4. The number of aryl methyl sites for hydroxylation is 1. The maximum Gasteiger partial charge on any atom is 0.191 e. The summed E-state index contributed by atoms with van der Waals surface area (Å²) in [6.07, 6.45) is 4.73. The third-order valence-electron chi connectivity index (χ3n) is 4.46. The van der Waals surface area contributed by atoms with E-state index in [4.69, 9.17) is 0 Å². The number of benzene rings is 1. The van der Waals surface area contributed by atoms with Crippen LogP contribution in [0.25, 0.3) is 0 Å². The Hall–Kier alpha value is -2.02. The van der Waals surface area contributed by atoms with Gasteiger partial charge in [0.15, 0.2) is 11.8 Å². The predicted molar refractivity (Wildman–Crippen MR) is 108 cm³/mol. The second-order valence-electron chi connectivity index (χ2n) is 6.54. The SMILES string of the molecule is CN=C(NCc1nnc2n1CCCCC2)NCC(C)Sc1ccccc1. The van der Waals surface area contributed by atoms with Crippen molar-refractivity contribution in [2.75, 3.05) is 13.6 Å². The van der Waals surface area contributed by atoms with Gasteiger partial charge in [0, 0.05) is 36.7 Å². The Morgan fingerprint density at radius 3 is 2.85 bits per heavy atom. The van der Waals surface area contributed by atoms with E-state index in [0.717, 1.165) is 37.1 Å². The maximum atomic E-state index is 4.36. The number of fused-ring (bicyclic) bond motifs is 1. The van der Waals surface area contributed by atoms with Gasteiger partial charge >= 0.3 is 0 Å². The minimum Gasteiger partial charge on any atom is -0.355 e. The molecule has 140 valence electrons. The molecule has 7 heteroatoms. The fraction of sp³-hybridized carbons (Fsp3) is 0.526. The van der Waals surface area contributed by atoms with Crippen LogP contribution in [0.4, 0.5) is 0 Å². The molecule has 0 spiro atoms. The van der Waals surface area contributed by atoms with Crippen molar-refractivity contribution >= 4 is 17.7 Å². The lowest BCUT2D eigenvalue weighted by Gasteiger charge is -2.16. The van der Waals surface area contributed by atoms with Crippen molar-refractivity contribution in [1.29, 1.82) is 0 Å². The van der Waals surface area contributed by atoms with Crippen LogP contribution in [0.2, 0.25) is 0 Å². The fourth-order valence-corrected chi connectivity index (χ4v) is 4.02. The topological polar surface area (TPSA) is 67.1 Å². The van der Waals surface area contributed by atoms with Gasteiger partial charge in [-0.2, -0.15) is 0 Å². The summed E-state index contributed by atoms with van der Waals surface area (Å²) in [4.78, 5) is 5.61. The highest BCUT2D eigenvalue weighted by Crippen LogP contribution is 2.21. The third kappa shape index (κ3) is 5.24. The standard InChI is InChI=1S/C19H28N6S/c1-15(26-16-9-5-3-6-10-16)13-21-19(20-2)22-14-18-24-23-17-11-7-4-8-12-25(17)18/h3,5-6,9-10,15H,4,7-8,11-14H2,1-2H3,(H2,20,21,22). The highest BCUT2D eigenvalue weighted by atomic mass is 32.2. The first-order valence-electron chi connectivity index (χ1n) is 9.33. The van der Waals surface area contributed by atoms with E-state index in [-0.39, 0.29) is 0 Å². The molecule has 26 heavy (non-hydrogen) atoms. The van der Waals surface area contributed by atoms with Crippen LogP contribution >= 0.6 is 11.8 Å². The Kier molecular flexibility index (Phi) is 6.94. The van der Waals surface area contributed by atoms with Gasteiger partial charge in [-0.25, -0.2) is 0 Å². The van der Waals surface area contributed by atoms with Crippen LogP contribution < -0.4 is 10.6 Å². The first kappa shape index (κ1) is 18.8. The minimum absolute atomic E-state index is 0.445. The molecule has 1 aliphatic heterocycles. The molecule has 2 aromatic rings. The Morgan fingerprint density at radius 1 is 1.19 bits per heavy atom. The van der Waals surface area contributed by atoms with Gasteiger partial charge in [0.05, 0.1) is 6.54 Å². The number of rotatable bonds is 6. The highest BCUT2D eigenvalue weighted by molar-refractivity contribution is 8.00. The Bertz CT molecular complexity index is 712. The number of nitrogens with one attached hydrogen (secondary N) is 2. The Labute approximate surface area is 159 Å². The van der Waals surface area contributed by atoms with E-state index in [0.29, 0.717) is 11.8 Å². The molecule has 1 aromatic carbocycles. The second kappa shape index (κ2) is 9.62. The highest BCUT2D eigenvalue weighted by Gasteiger charge is 2.14. The van der Waals surface area contributed by atoms with Crippen molar-refractivity contribution in [2.24, 2.45) is 4.99 Å². The largest absolute Gasteiger partial charge is 0.355 e. The lowest BCUT2D eigenvalue weighted by molar-refractivity contribution is 0.596. The molecule has 0 aliphatic carbocycles. The van der Waals surface area contributed by atoms with Gasteiger partial charge in [-0.15, -0.1) is 22.0 Å². The molecule has 0 saturated heterocycles. The summed E-state index contributed by atoms with van der Waals surface area (Å²) in [7, 11) is 1.80. The molecule has 1 aromatic heterocycles. The average molecular weight is 373 g/mol. The summed E-state index contributed by atoms with van der Waals surface area (Å²) in [5, 5.41) is 15.9. The number of guanidine groups is 1. The molecule has 1 unspecified atom stereocenters. The predicted octanol–water partition coefficient (Wildman–Crippen LogP) is 2.85. The maximum absolute atomic E-state index is 4.36. The van der Waals surface area contributed by atoms with Crippen molar-refractivity contribution in [1.82, 2.24) is 25.4 Å². The number of thioether (sulfide) groups is 1. The number of hydrogen-bond donors (Lipinski definition) is 2. The van der Waals surface area contributed by atoms with Gasteiger partial charge in [-0.05, 0) is 25.0 Å². The van der Waals surface area contributed by atoms with E-state index < -0.39 is 0 Å². The molecule has 2 N–H and O–H groups in total. The van der Waals surface area contributed by atoms with Gasteiger partial charge in [-0.1, -0.05) is 31.5 Å². The molecular formula is C19H28N6S. The van der Waals surface area contributed by atoms with Crippen LogP contribution in [0.1, 0.15) is 37.8 Å². The Morgan fingerprint density at radius 2 is 2.04 bits per heavy atom. The van der Waals surface area contributed by atoms with Gasteiger partial charge in [0.25, 0.3) is 0 Å². The summed E-state index contributed by atoms with van der Waals surface area (Å²) in [5.41, 5.74) is 0. The average Bonchev–Trinajstić information content (AvgIpc) is 2.89. The molecule has 0 radical (unpaired) electrons. The molecule has 1 atom stereocenters. The molecule has 0 saturated carbocycles. The first-order chi connectivity index (χ1) is 12.8. The molecule has 2 heterocycles. The van der Waals surface area contributed by atoms with E-state index in [9.17, 15) is 0 Å². The van der Waals surface area contributed by atoms with Gasteiger partial charge < -0.3 is 15.2 Å². The first-order valence-corrected chi connectivity index (χ1v) is 10.2. The van der Waals surface area contributed by atoms with Crippen LogP contribution in [-0.4, -0.2) is 39.6 Å². The summed E-state index contributed by atoms with van der Waals surface area (Å²) in [6, 6.07) is 10.5. The van der Waals surface area contributed by atoms with Crippen molar-refractivity contribution in [3.63, 3.8) is 0 Å². The molecule has 3 rings (SSSR count). The molecule has 1 aliphatic rings. The van der Waals surface area contributed by atoms with E-state index in [1.807, 2.05) is 17.8 Å². The van der Waals surface area contributed by atoms with Crippen LogP contribution in [-0.2, 0) is 19.5 Å². The van der Waals surface area contributed by atoms with Crippen LogP contribution in [0.5, 0.6) is 0 Å². The summed E-state index contributed by atoms with van der Waals surface area (Å²) >= 11 is 1.86. The second-order valence-corrected chi connectivity index (χ2v) is 8.05. The van der Waals surface area contributed by atoms with Crippen LogP contribution in [0, 0.1) is 0 Å². The fourth-order valence-electron chi connectivity index (χ4n) is 3.07. The van der Waals surface area contributed by atoms with Crippen molar-refractivity contribution in [2.45, 2.75) is 55.8 Å². The van der Waals surface area contributed by atoms with Gasteiger partial charge in [0.2, 0.25) is 0 Å². The zero-order valence-corrected chi connectivity index (χ0v) is 16.4. The number of hydrogen-bond acceptors (Lipinski definition) is 4. The van der Waals surface area contributed by atoms with E-state index in [2.05, 4.69) is 61.6 Å². The van der Waals surface area contributed by atoms with E-state index in [1.54, 1.807) is 7.05 Å². The summed E-state index contributed by atoms with van der Waals surface area (Å²) in [5.74, 6) is 2.92. The van der Waals surface area contributed by atoms with Crippen molar-refractivity contribution < 1.29 is 0 Å². The Balaban J connectivity index is 1.47. The normalized spacial score (nSPS) is 15.8. The lowest BCUT2D eigenvalue weighted by atomic mass is 10.2. The van der Waals surface area contributed by atoms with E-state index >= 15 is 0 Å². The van der Waals surface area contributed by atoms with Crippen LogP contribution in [0.15, 0.2) is 40.2 Å². The van der Waals surface area contributed by atoms with Crippen molar-refractivity contribution in [3.05, 3.63) is 42.0 Å². The number of aromatic nitrogens is 3.